The van der Waals surface area contributed by atoms with Crippen LogP contribution >= 0.6 is 11.6 Å². The fourth-order valence-corrected chi connectivity index (χ4v) is 3.53. The molecule has 1 aromatic rings. The molecular weight excluding hydrogens is 354 g/mol. The summed E-state index contributed by atoms with van der Waals surface area (Å²) in [5.41, 5.74) is 1.69. The Hall–Kier alpha value is -1.79. The van der Waals surface area contributed by atoms with Crippen LogP contribution < -0.4 is 10.1 Å². The number of unbranched alkanes of at least 4 members (excludes halogenated alkanes) is 5. The first-order chi connectivity index (χ1) is 12.6. The number of carbonyl (C=O) groups is 1. The fraction of sp³-hybridized carbons (Fsp3) is 0.579. The molecule has 0 saturated carbocycles. The predicted octanol–water partition coefficient (Wildman–Crippen LogP) is 3.37. The minimum atomic E-state index is -0.242. The zero-order chi connectivity index (χ0) is 18.5. The summed E-state index contributed by atoms with van der Waals surface area (Å²) in [5, 5.41) is 12.1. The largest absolute Gasteiger partial charge is 0.492 e. The van der Waals surface area contributed by atoms with Crippen LogP contribution in [0.25, 0.3) is 0 Å². The Kier molecular flexibility index (Phi) is 6.38. The molecule has 1 saturated heterocycles. The Morgan fingerprint density at radius 3 is 2.77 bits per heavy atom. The number of fused-ring (bicyclic) bond motifs is 2. The minimum absolute atomic E-state index is 0.0388. The molecule has 6 nitrogen and oxygen atoms in total. The molecule has 1 atom stereocenters. The molecule has 2 N–H and O–H groups in total. The van der Waals surface area contributed by atoms with Crippen LogP contribution in [0.1, 0.15) is 51.0 Å². The van der Waals surface area contributed by atoms with Gasteiger partial charge in [-0.05, 0) is 31.9 Å². The van der Waals surface area contributed by atoms with E-state index in [0.717, 1.165) is 49.8 Å². The van der Waals surface area contributed by atoms with E-state index in [4.69, 9.17) is 21.4 Å². The van der Waals surface area contributed by atoms with E-state index < -0.39 is 0 Å². The lowest BCUT2D eigenvalue weighted by atomic mass is 10.1. The van der Waals surface area contributed by atoms with Gasteiger partial charge in [-0.25, -0.2) is 4.99 Å². The van der Waals surface area contributed by atoms with Crippen molar-refractivity contribution in [1.82, 2.24) is 10.2 Å². The van der Waals surface area contributed by atoms with Crippen molar-refractivity contribution in [2.24, 2.45) is 4.99 Å². The molecule has 0 spiro atoms. The molecule has 0 bridgehead atoms. The molecule has 1 amide bonds. The van der Waals surface area contributed by atoms with E-state index in [2.05, 4.69) is 10.3 Å². The van der Waals surface area contributed by atoms with E-state index in [0.29, 0.717) is 29.9 Å². The van der Waals surface area contributed by atoms with Crippen LogP contribution in [0, 0.1) is 0 Å². The van der Waals surface area contributed by atoms with E-state index in [-0.39, 0.29) is 18.6 Å². The SMILES string of the molecule is CC1C(=O)NC2=Nc3ccc(OCCCCCCCCO)c(Cl)c3CN21. The number of rotatable bonds is 9. The van der Waals surface area contributed by atoms with Gasteiger partial charge in [-0.1, -0.05) is 37.3 Å². The van der Waals surface area contributed by atoms with Gasteiger partial charge in [0.1, 0.15) is 11.8 Å². The number of aliphatic imine (C=N–C) groups is 1. The molecule has 0 aliphatic carbocycles. The molecule has 3 rings (SSSR count). The Labute approximate surface area is 159 Å². The zero-order valence-corrected chi connectivity index (χ0v) is 15.9. The maximum atomic E-state index is 11.8. The van der Waals surface area contributed by atoms with Crippen LogP contribution in [0.2, 0.25) is 5.02 Å². The summed E-state index contributed by atoms with van der Waals surface area (Å²) in [6.45, 7) is 3.33. The van der Waals surface area contributed by atoms with Crippen LogP contribution in [0.15, 0.2) is 17.1 Å². The molecule has 1 aromatic carbocycles. The molecule has 26 heavy (non-hydrogen) atoms. The number of hydrogen-bond donors (Lipinski definition) is 2. The quantitative estimate of drug-likeness (QED) is 0.645. The Balaban J connectivity index is 1.54. The summed E-state index contributed by atoms with van der Waals surface area (Å²) in [7, 11) is 0. The summed E-state index contributed by atoms with van der Waals surface area (Å²) in [5.74, 6) is 1.24. The standard InChI is InChI=1S/C19H26ClN3O3/c1-13-18(25)22-19-21-15-8-9-16(17(20)14(15)12-23(13)19)26-11-7-5-3-2-4-6-10-24/h8-9,13,24H,2-7,10-12H2,1H3,(H,21,22,25). The lowest BCUT2D eigenvalue weighted by Gasteiger charge is -2.27. The molecule has 0 radical (unpaired) electrons. The number of nitrogens with zero attached hydrogens (tertiary/aromatic N) is 2. The molecule has 1 unspecified atom stereocenters. The number of ether oxygens (including phenoxy) is 1. The highest BCUT2D eigenvalue weighted by molar-refractivity contribution is 6.33. The fourth-order valence-electron chi connectivity index (χ4n) is 3.26. The normalized spacial score (nSPS) is 18.3. The van der Waals surface area contributed by atoms with E-state index in [9.17, 15) is 4.79 Å². The second-order valence-corrected chi connectivity index (χ2v) is 7.18. The highest BCUT2D eigenvalue weighted by Gasteiger charge is 2.36. The van der Waals surface area contributed by atoms with Crippen molar-refractivity contribution in [3.63, 3.8) is 0 Å². The van der Waals surface area contributed by atoms with E-state index in [1.807, 2.05) is 24.0 Å². The van der Waals surface area contributed by atoms with Gasteiger partial charge in [0.05, 0.1) is 23.9 Å². The maximum absolute atomic E-state index is 11.8. The summed E-state index contributed by atoms with van der Waals surface area (Å²) in [6.07, 6.45) is 6.38. The summed E-state index contributed by atoms with van der Waals surface area (Å²) in [6, 6.07) is 3.50. The summed E-state index contributed by atoms with van der Waals surface area (Å²) < 4.78 is 5.87. The van der Waals surface area contributed by atoms with Gasteiger partial charge in [-0.2, -0.15) is 0 Å². The molecular formula is C19H26ClN3O3. The Morgan fingerprint density at radius 1 is 1.27 bits per heavy atom. The maximum Gasteiger partial charge on any atom is 0.249 e. The minimum Gasteiger partial charge on any atom is -0.492 e. The second kappa shape index (κ2) is 8.73. The van der Waals surface area contributed by atoms with Crippen LogP contribution in [0.5, 0.6) is 5.75 Å². The van der Waals surface area contributed by atoms with Crippen LogP contribution in [0.4, 0.5) is 5.69 Å². The number of aliphatic hydroxyl groups is 1. The molecule has 7 heteroatoms. The molecule has 1 fully saturated rings. The predicted molar refractivity (Wildman–Crippen MR) is 102 cm³/mol. The monoisotopic (exact) mass is 379 g/mol. The Bertz CT molecular complexity index is 693. The first kappa shape index (κ1) is 19.0. The summed E-state index contributed by atoms with van der Waals surface area (Å²) in [4.78, 5) is 18.3. The number of amides is 1. The highest BCUT2D eigenvalue weighted by Crippen LogP contribution is 2.39. The first-order valence-corrected chi connectivity index (χ1v) is 9.71. The molecule has 0 aromatic heterocycles. The third kappa shape index (κ3) is 4.13. The van der Waals surface area contributed by atoms with Gasteiger partial charge in [0.2, 0.25) is 11.9 Å². The van der Waals surface area contributed by atoms with Crippen molar-refractivity contribution in [2.75, 3.05) is 13.2 Å². The number of aliphatic hydroxyl groups excluding tert-OH is 1. The average molecular weight is 380 g/mol. The third-order valence-electron chi connectivity index (χ3n) is 4.90. The lowest BCUT2D eigenvalue weighted by molar-refractivity contribution is -0.121. The van der Waals surface area contributed by atoms with Gasteiger partial charge < -0.3 is 14.7 Å². The van der Waals surface area contributed by atoms with Gasteiger partial charge in [0.25, 0.3) is 0 Å². The number of guanidine groups is 1. The van der Waals surface area contributed by atoms with Crippen LogP contribution in [-0.4, -0.2) is 41.1 Å². The number of nitrogens with one attached hydrogen (secondary N) is 1. The number of halogens is 1. The van der Waals surface area contributed by atoms with Crippen molar-refractivity contribution >= 4 is 29.2 Å². The highest BCUT2D eigenvalue weighted by atomic mass is 35.5. The van der Waals surface area contributed by atoms with Crippen LogP contribution in [0.3, 0.4) is 0 Å². The average Bonchev–Trinajstić information content (AvgIpc) is 2.91. The Morgan fingerprint density at radius 2 is 2.00 bits per heavy atom. The van der Waals surface area contributed by atoms with E-state index >= 15 is 0 Å². The molecule has 2 aliphatic heterocycles. The van der Waals surface area contributed by atoms with Crippen molar-refractivity contribution in [3.05, 3.63) is 22.7 Å². The van der Waals surface area contributed by atoms with E-state index in [1.165, 1.54) is 0 Å². The molecule has 142 valence electrons. The first-order valence-electron chi connectivity index (χ1n) is 9.33. The summed E-state index contributed by atoms with van der Waals surface area (Å²) >= 11 is 6.55. The van der Waals surface area contributed by atoms with Gasteiger partial charge in [-0.15, -0.1) is 0 Å². The smallest absolute Gasteiger partial charge is 0.249 e. The topological polar surface area (TPSA) is 74.2 Å². The van der Waals surface area contributed by atoms with Crippen molar-refractivity contribution < 1.29 is 14.6 Å². The van der Waals surface area contributed by atoms with Crippen molar-refractivity contribution in [2.45, 2.75) is 58.0 Å². The zero-order valence-electron chi connectivity index (χ0n) is 15.1. The van der Waals surface area contributed by atoms with E-state index in [1.54, 1.807) is 0 Å². The number of carbonyl (C=O) groups excluding carboxylic acids is 1. The lowest BCUT2D eigenvalue weighted by Crippen LogP contribution is -2.35. The van der Waals surface area contributed by atoms with Gasteiger partial charge in [0, 0.05) is 12.2 Å². The van der Waals surface area contributed by atoms with Gasteiger partial charge in [-0.3, -0.25) is 10.1 Å². The third-order valence-corrected chi connectivity index (χ3v) is 5.32. The molecule has 2 heterocycles. The van der Waals surface area contributed by atoms with Gasteiger partial charge >= 0.3 is 0 Å². The van der Waals surface area contributed by atoms with Crippen LogP contribution in [-0.2, 0) is 11.3 Å². The molecule has 2 aliphatic rings. The number of hydrogen-bond acceptors (Lipinski definition) is 5. The second-order valence-electron chi connectivity index (χ2n) is 6.80. The van der Waals surface area contributed by atoms with Gasteiger partial charge in [0.15, 0.2) is 0 Å². The number of benzene rings is 1. The van der Waals surface area contributed by atoms with Crippen molar-refractivity contribution in [1.29, 1.82) is 0 Å². The van der Waals surface area contributed by atoms with Crippen molar-refractivity contribution in [3.8, 4) is 5.75 Å².